The number of aliphatic imine (C=N–C) groups is 1. The predicted octanol–water partition coefficient (Wildman–Crippen LogP) is 2.52. The van der Waals surface area contributed by atoms with Crippen molar-refractivity contribution < 1.29 is 0 Å². The molecule has 0 amide bonds. The van der Waals surface area contributed by atoms with Crippen LogP contribution in [-0.2, 0) is 12.0 Å². The Morgan fingerprint density at radius 3 is 2.33 bits per heavy atom. The molecule has 18 heavy (non-hydrogen) atoms. The summed E-state index contributed by atoms with van der Waals surface area (Å²) in [6.07, 6.45) is 0. The van der Waals surface area contributed by atoms with Crippen LogP contribution < -0.4 is 10.6 Å². The minimum absolute atomic E-state index is 0.124. The lowest BCUT2D eigenvalue weighted by Crippen LogP contribution is -2.36. The van der Waals surface area contributed by atoms with E-state index in [2.05, 4.69) is 60.6 Å². The van der Waals surface area contributed by atoms with Gasteiger partial charge in [0.25, 0.3) is 0 Å². The highest BCUT2D eigenvalue weighted by Gasteiger charge is 2.17. The van der Waals surface area contributed by atoms with Gasteiger partial charge in [0, 0.05) is 23.9 Å². The van der Waals surface area contributed by atoms with Crippen molar-refractivity contribution >= 4 is 17.3 Å². The van der Waals surface area contributed by atoms with Crippen LogP contribution in [-0.4, -0.2) is 24.0 Å². The second-order valence-electron chi connectivity index (χ2n) is 5.12. The molecule has 0 radical (unpaired) electrons. The van der Waals surface area contributed by atoms with E-state index in [4.69, 9.17) is 0 Å². The van der Waals surface area contributed by atoms with Crippen LogP contribution >= 0.6 is 11.3 Å². The van der Waals surface area contributed by atoms with Crippen LogP contribution in [0.5, 0.6) is 0 Å². The van der Waals surface area contributed by atoms with Crippen molar-refractivity contribution in [2.75, 3.05) is 13.1 Å². The van der Waals surface area contributed by atoms with Gasteiger partial charge in [-0.15, -0.1) is 11.3 Å². The van der Waals surface area contributed by atoms with Crippen molar-refractivity contribution in [1.82, 2.24) is 15.6 Å². The first-order valence-corrected chi connectivity index (χ1v) is 7.32. The Bertz CT molecular complexity index is 382. The van der Waals surface area contributed by atoms with E-state index < -0.39 is 0 Å². The largest absolute Gasteiger partial charge is 0.357 e. The molecule has 0 aromatic carbocycles. The Balaban J connectivity index is 2.66. The molecule has 1 rings (SSSR count). The Morgan fingerprint density at radius 2 is 1.89 bits per heavy atom. The van der Waals surface area contributed by atoms with Crippen molar-refractivity contribution in [2.45, 2.75) is 46.6 Å². The Morgan fingerprint density at radius 1 is 1.28 bits per heavy atom. The maximum absolute atomic E-state index is 4.63. The third-order valence-corrected chi connectivity index (χ3v) is 3.60. The van der Waals surface area contributed by atoms with Crippen LogP contribution in [0.15, 0.2) is 10.4 Å². The molecule has 0 bridgehead atoms. The monoisotopic (exact) mass is 268 g/mol. The van der Waals surface area contributed by atoms with Crippen LogP contribution in [0.3, 0.4) is 0 Å². The maximum atomic E-state index is 4.63. The molecule has 0 fully saturated rings. The van der Waals surface area contributed by atoms with Gasteiger partial charge in [0.15, 0.2) is 5.96 Å². The van der Waals surface area contributed by atoms with Gasteiger partial charge in [-0.05, 0) is 13.8 Å². The molecular weight excluding hydrogens is 244 g/mol. The third kappa shape index (κ3) is 4.64. The first-order chi connectivity index (χ1) is 8.47. The molecule has 0 saturated carbocycles. The number of hydrogen-bond acceptors (Lipinski definition) is 3. The number of rotatable bonds is 4. The number of aromatic nitrogens is 1. The Hall–Kier alpha value is -1.10. The molecule has 0 spiro atoms. The van der Waals surface area contributed by atoms with E-state index in [9.17, 15) is 0 Å². The number of nitrogens with zero attached hydrogens (tertiary/aromatic N) is 2. The van der Waals surface area contributed by atoms with Gasteiger partial charge in [-0.25, -0.2) is 9.98 Å². The summed E-state index contributed by atoms with van der Waals surface area (Å²) >= 11 is 1.71. The molecule has 1 heterocycles. The lowest BCUT2D eigenvalue weighted by Gasteiger charge is -2.13. The van der Waals surface area contributed by atoms with Crippen LogP contribution in [0.2, 0.25) is 0 Å². The second-order valence-corrected chi connectivity index (χ2v) is 5.98. The van der Waals surface area contributed by atoms with Crippen LogP contribution in [0.4, 0.5) is 0 Å². The molecule has 0 aliphatic rings. The molecule has 102 valence electrons. The molecule has 0 saturated heterocycles. The lowest BCUT2D eigenvalue weighted by atomic mass is 9.98. The van der Waals surface area contributed by atoms with Crippen LogP contribution in [0.25, 0.3) is 0 Å². The van der Waals surface area contributed by atoms with E-state index in [1.807, 2.05) is 0 Å². The van der Waals surface area contributed by atoms with Gasteiger partial charge in [-0.3, -0.25) is 0 Å². The molecule has 2 N–H and O–H groups in total. The van der Waals surface area contributed by atoms with E-state index in [0.717, 1.165) is 24.7 Å². The number of thiazole rings is 1. The van der Waals surface area contributed by atoms with Crippen LogP contribution in [0, 0.1) is 0 Å². The smallest absolute Gasteiger partial charge is 0.191 e. The van der Waals surface area contributed by atoms with E-state index in [1.54, 1.807) is 11.3 Å². The third-order valence-electron chi connectivity index (χ3n) is 2.28. The SMILES string of the molecule is CCNC(=NCc1csc(C(C)(C)C)n1)NCC. The van der Waals surface area contributed by atoms with Gasteiger partial charge in [0.05, 0.1) is 17.2 Å². The predicted molar refractivity (Wildman–Crippen MR) is 79.3 cm³/mol. The highest BCUT2D eigenvalue weighted by Crippen LogP contribution is 2.25. The molecule has 0 aliphatic heterocycles. The normalized spacial score (nSPS) is 11.2. The highest BCUT2D eigenvalue weighted by molar-refractivity contribution is 7.09. The van der Waals surface area contributed by atoms with Crippen LogP contribution in [0.1, 0.15) is 45.3 Å². The maximum Gasteiger partial charge on any atom is 0.191 e. The van der Waals surface area contributed by atoms with Crippen molar-refractivity contribution in [3.63, 3.8) is 0 Å². The summed E-state index contributed by atoms with van der Waals surface area (Å²) < 4.78 is 0. The number of nitrogens with one attached hydrogen (secondary N) is 2. The topological polar surface area (TPSA) is 49.3 Å². The van der Waals surface area contributed by atoms with E-state index >= 15 is 0 Å². The molecule has 0 atom stereocenters. The summed E-state index contributed by atoms with van der Waals surface area (Å²) in [5.41, 5.74) is 1.16. The summed E-state index contributed by atoms with van der Waals surface area (Å²) in [5.74, 6) is 0.852. The zero-order valence-electron chi connectivity index (χ0n) is 12.0. The highest BCUT2D eigenvalue weighted by atomic mass is 32.1. The van der Waals surface area contributed by atoms with Gasteiger partial charge in [-0.2, -0.15) is 0 Å². The standard InChI is InChI=1S/C13H24N4S/c1-6-14-12(15-7-2)16-8-10-9-18-11(17-10)13(3,4)5/h9H,6-8H2,1-5H3,(H2,14,15,16). The molecule has 1 aromatic heterocycles. The molecule has 5 heteroatoms. The zero-order valence-corrected chi connectivity index (χ0v) is 12.8. The quantitative estimate of drug-likeness (QED) is 0.651. The van der Waals surface area contributed by atoms with Gasteiger partial charge in [0.1, 0.15) is 0 Å². The fraction of sp³-hybridized carbons (Fsp3) is 0.692. The number of guanidine groups is 1. The fourth-order valence-corrected chi connectivity index (χ4v) is 2.29. The first-order valence-electron chi connectivity index (χ1n) is 6.44. The lowest BCUT2D eigenvalue weighted by molar-refractivity contribution is 0.583. The molecule has 0 aliphatic carbocycles. The fourth-order valence-electron chi connectivity index (χ4n) is 1.39. The van der Waals surface area contributed by atoms with Gasteiger partial charge in [-0.1, -0.05) is 20.8 Å². The van der Waals surface area contributed by atoms with Crippen molar-refractivity contribution in [3.05, 3.63) is 16.1 Å². The molecule has 1 aromatic rings. The van der Waals surface area contributed by atoms with Gasteiger partial charge in [0.2, 0.25) is 0 Å². The van der Waals surface area contributed by atoms with Crippen molar-refractivity contribution in [3.8, 4) is 0 Å². The summed E-state index contributed by atoms with van der Waals surface area (Å²) in [6.45, 7) is 13.0. The van der Waals surface area contributed by atoms with E-state index in [-0.39, 0.29) is 5.41 Å². The average molecular weight is 268 g/mol. The Labute approximate surface area is 114 Å². The Kier molecular flexibility index (Phi) is 5.59. The average Bonchev–Trinajstić information content (AvgIpc) is 2.75. The zero-order chi connectivity index (χ0) is 13.6. The second kappa shape index (κ2) is 6.73. The van der Waals surface area contributed by atoms with Crippen molar-refractivity contribution in [1.29, 1.82) is 0 Å². The summed E-state index contributed by atoms with van der Waals surface area (Å²) in [6, 6.07) is 0. The van der Waals surface area contributed by atoms with E-state index in [0.29, 0.717) is 6.54 Å². The molecule has 0 unspecified atom stereocenters. The van der Waals surface area contributed by atoms with E-state index in [1.165, 1.54) is 5.01 Å². The number of hydrogen-bond donors (Lipinski definition) is 2. The summed E-state index contributed by atoms with van der Waals surface area (Å²) in [7, 11) is 0. The molecule has 4 nitrogen and oxygen atoms in total. The van der Waals surface area contributed by atoms with Crippen molar-refractivity contribution in [2.24, 2.45) is 4.99 Å². The minimum atomic E-state index is 0.124. The van der Waals surface area contributed by atoms with Gasteiger partial charge < -0.3 is 10.6 Å². The summed E-state index contributed by atoms with van der Waals surface area (Å²) in [4.78, 5) is 9.14. The van der Waals surface area contributed by atoms with Gasteiger partial charge >= 0.3 is 0 Å². The summed E-state index contributed by atoms with van der Waals surface area (Å²) in [5, 5.41) is 9.68. The minimum Gasteiger partial charge on any atom is -0.357 e. The first kappa shape index (κ1) is 15.0. The molecular formula is C13H24N4S.